The number of carboxylic acid groups (broad SMARTS) is 1. The lowest BCUT2D eigenvalue weighted by Crippen LogP contribution is -2.13. The summed E-state index contributed by atoms with van der Waals surface area (Å²) in [5, 5.41) is 9.08. The minimum absolute atomic E-state index is 0.129. The fraction of sp³-hybridized carbons (Fsp3) is 0.167. The van der Waals surface area contributed by atoms with Crippen LogP contribution in [0.25, 0.3) is 11.3 Å². The van der Waals surface area contributed by atoms with E-state index in [0.717, 1.165) is 0 Å². The molecule has 2 aromatic rings. The molecular formula is C12H12N2O4. The van der Waals surface area contributed by atoms with Crippen molar-refractivity contribution in [3.05, 3.63) is 40.4 Å². The molecule has 6 heteroatoms. The third kappa shape index (κ3) is 1.88. The lowest BCUT2D eigenvalue weighted by atomic mass is 10.1. The SMILES string of the molecule is COc1cccc(-c2c(C(=O)O)[nH]c(=O)n2C)c1. The van der Waals surface area contributed by atoms with E-state index in [9.17, 15) is 9.59 Å². The van der Waals surface area contributed by atoms with Crippen LogP contribution in [0.2, 0.25) is 0 Å². The van der Waals surface area contributed by atoms with Crippen LogP contribution in [0.15, 0.2) is 29.1 Å². The van der Waals surface area contributed by atoms with Gasteiger partial charge in [-0.2, -0.15) is 0 Å². The molecule has 0 spiro atoms. The molecule has 2 rings (SSSR count). The van der Waals surface area contributed by atoms with Crippen LogP contribution in [0.4, 0.5) is 0 Å². The number of methoxy groups -OCH3 is 1. The summed E-state index contributed by atoms with van der Waals surface area (Å²) >= 11 is 0. The highest BCUT2D eigenvalue weighted by Gasteiger charge is 2.19. The van der Waals surface area contributed by atoms with E-state index in [1.807, 2.05) is 0 Å². The molecule has 1 heterocycles. The van der Waals surface area contributed by atoms with E-state index in [-0.39, 0.29) is 5.69 Å². The molecule has 0 saturated carbocycles. The molecule has 0 fully saturated rings. The maximum Gasteiger partial charge on any atom is 0.354 e. The second kappa shape index (κ2) is 4.40. The van der Waals surface area contributed by atoms with E-state index in [0.29, 0.717) is 17.0 Å². The van der Waals surface area contributed by atoms with Crippen LogP contribution in [-0.2, 0) is 7.05 Å². The van der Waals surface area contributed by atoms with Gasteiger partial charge in [-0.3, -0.25) is 9.55 Å². The number of nitrogens with one attached hydrogen (secondary N) is 1. The van der Waals surface area contributed by atoms with Crippen LogP contribution < -0.4 is 10.4 Å². The van der Waals surface area contributed by atoms with Crippen molar-refractivity contribution in [2.45, 2.75) is 0 Å². The summed E-state index contributed by atoms with van der Waals surface area (Å²) in [6.07, 6.45) is 0. The second-order valence-electron chi connectivity index (χ2n) is 3.75. The molecule has 0 aliphatic carbocycles. The van der Waals surface area contributed by atoms with Gasteiger partial charge in [0.05, 0.1) is 12.8 Å². The first-order valence-electron chi connectivity index (χ1n) is 5.21. The van der Waals surface area contributed by atoms with Crippen LogP contribution in [0.5, 0.6) is 5.75 Å². The van der Waals surface area contributed by atoms with Gasteiger partial charge in [0.25, 0.3) is 0 Å². The average Bonchev–Trinajstić information content (AvgIpc) is 2.66. The van der Waals surface area contributed by atoms with E-state index in [1.165, 1.54) is 18.7 Å². The van der Waals surface area contributed by atoms with Crippen molar-refractivity contribution in [1.29, 1.82) is 0 Å². The number of hydrogen-bond acceptors (Lipinski definition) is 3. The van der Waals surface area contributed by atoms with Crippen molar-refractivity contribution in [2.75, 3.05) is 7.11 Å². The van der Waals surface area contributed by atoms with Gasteiger partial charge in [0.15, 0.2) is 5.69 Å². The second-order valence-corrected chi connectivity index (χ2v) is 3.75. The van der Waals surface area contributed by atoms with Crippen LogP contribution in [0.1, 0.15) is 10.5 Å². The summed E-state index contributed by atoms with van der Waals surface area (Å²) in [5.41, 5.74) is 0.333. The van der Waals surface area contributed by atoms with E-state index in [2.05, 4.69) is 4.98 Å². The largest absolute Gasteiger partial charge is 0.497 e. The molecule has 6 nitrogen and oxygen atoms in total. The number of rotatable bonds is 3. The smallest absolute Gasteiger partial charge is 0.354 e. The summed E-state index contributed by atoms with van der Waals surface area (Å²) in [6, 6.07) is 6.87. The van der Waals surface area contributed by atoms with Crippen LogP contribution in [0.3, 0.4) is 0 Å². The maximum absolute atomic E-state index is 11.5. The van der Waals surface area contributed by atoms with Crippen molar-refractivity contribution in [3.63, 3.8) is 0 Å². The highest BCUT2D eigenvalue weighted by Crippen LogP contribution is 2.24. The average molecular weight is 248 g/mol. The number of aromatic nitrogens is 2. The molecule has 0 amide bonds. The number of hydrogen-bond donors (Lipinski definition) is 2. The molecule has 0 atom stereocenters. The van der Waals surface area contributed by atoms with Crippen LogP contribution in [0, 0.1) is 0 Å². The fourth-order valence-electron chi connectivity index (χ4n) is 1.78. The zero-order valence-corrected chi connectivity index (χ0v) is 9.93. The minimum atomic E-state index is -1.18. The Labute approximate surface area is 102 Å². The Kier molecular flexibility index (Phi) is 2.93. The van der Waals surface area contributed by atoms with Crippen molar-refractivity contribution < 1.29 is 14.6 Å². The Hall–Kier alpha value is -2.50. The Balaban J connectivity index is 2.69. The quantitative estimate of drug-likeness (QED) is 0.851. The number of benzene rings is 1. The third-order valence-electron chi connectivity index (χ3n) is 2.67. The number of carboxylic acids is 1. The first-order valence-corrected chi connectivity index (χ1v) is 5.21. The first-order chi connectivity index (χ1) is 8.54. The zero-order valence-electron chi connectivity index (χ0n) is 9.93. The van der Waals surface area contributed by atoms with Gasteiger partial charge in [0, 0.05) is 12.6 Å². The summed E-state index contributed by atoms with van der Waals surface area (Å²) in [7, 11) is 3.04. The van der Waals surface area contributed by atoms with E-state index in [1.54, 1.807) is 24.3 Å². The van der Waals surface area contributed by atoms with Gasteiger partial charge >= 0.3 is 11.7 Å². The lowest BCUT2D eigenvalue weighted by molar-refractivity contribution is 0.0691. The Bertz CT molecular complexity index is 654. The number of imidazole rings is 1. The monoisotopic (exact) mass is 248 g/mol. The predicted octanol–water partition coefficient (Wildman–Crippen LogP) is 1.09. The molecule has 1 aromatic carbocycles. The minimum Gasteiger partial charge on any atom is -0.497 e. The normalized spacial score (nSPS) is 10.3. The van der Waals surface area contributed by atoms with Crippen LogP contribution in [-0.4, -0.2) is 27.7 Å². The molecular weight excluding hydrogens is 236 g/mol. The highest BCUT2D eigenvalue weighted by molar-refractivity contribution is 5.93. The summed E-state index contributed by atoms with van der Waals surface area (Å²) in [5.74, 6) is -0.581. The molecule has 0 aliphatic rings. The van der Waals surface area contributed by atoms with Crippen LogP contribution >= 0.6 is 0 Å². The lowest BCUT2D eigenvalue weighted by Gasteiger charge is -2.06. The van der Waals surface area contributed by atoms with Crippen molar-refractivity contribution in [3.8, 4) is 17.0 Å². The molecule has 1 aromatic heterocycles. The van der Waals surface area contributed by atoms with Gasteiger partial charge < -0.3 is 9.84 Å². The van der Waals surface area contributed by atoms with Crippen molar-refractivity contribution in [2.24, 2.45) is 7.05 Å². The molecule has 0 aliphatic heterocycles. The number of H-pyrrole nitrogens is 1. The zero-order chi connectivity index (χ0) is 13.3. The molecule has 0 bridgehead atoms. The number of aromatic carboxylic acids is 1. The van der Waals surface area contributed by atoms with E-state index in [4.69, 9.17) is 9.84 Å². The highest BCUT2D eigenvalue weighted by atomic mass is 16.5. The Morgan fingerprint density at radius 3 is 2.78 bits per heavy atom. The van der Waals surface area contributed by atoms with Crippen molar-refractivity contribution >= 4 is 5.97 Å². The van der Waals surface area contributed by atoms with E-state index < -0.39 is 11.7 Å². The van der Waals surface area contributed by atoms with Gasteiger partial charge in [-0.05, 0) is 12.1 Å². The number of carbonyl (C=O) groups is 1. The number of ether oxygens (including phenoxy) is 1. The summed E-state index contributed by atoms with van der Waals surface area (Å²) in [6.45, 7) is 0. The van der Waals surface area contributed by atoms with Gasteiger partial charge in [0.2, 0.25) is 0 Å². The molecule has 18 heavy (non-hydrogen) atoms. The molecule has 2 N–H and O–H groups in total. The first kappa shape index (κ1) is 12.0. The van der Waals surface area contributed by atoms with Gasteiger partial charge in [-0.15, -0.1) is 0 Å². The fourth-order valence-corrected chi connectivity index (χ4v) is 1.78. The number of nitrogens with zero attached hydrogens (tertiary/aromatic N) is 1. The summed E-state index contributed by atoms with van der Waals surface area (Å²) in [4.78, 5) is 24.9. The molecule has 0 radical (unpaired) electrons. The maximum atomic E-state index is 11.5. The Morgan fingerprint density at radius 2 is 2.17 bits per heavy atom. The number of aromatic amines is 1. The van der Waals surface area contributed by atoms with Crippen molar-refractivity contribution in [1.82, 2.24) is 9.55 Å². The predicted molar refractivity (Wildman–Crippen MR) is 65.0 cm³/mol. The van der Waals surface area contributed by atoms with Gasteiger partial charge in [0.1, 0.15) is 5.75 Å². The van der Waals surface area contributed by atoms with E-state index >= 15 is 0 Å². The topological polar surface area (TPSA) is 84.3 Å². The van der Waals surface area contributed by atoms with Gasteiger partial charge in [-0.25, -0.2) is 9.59 Å². The molecule has 0 saturated heterocycles. The van der Waals surface area contributed by atoms with Gasteiger partial charge in [-0.1, -0.05) is 12.1 Å². The standard InChI is InChI=1S/C12H12N2O4/c1-14-10(9(11(15)16)13-12(14)17)7-4-3-5-8(6-7)18-2/h3-6H,1-2H3,(H,13,17)(H,15,16). The Morgan fingerprint density at radius 1 is 1.44 bits per heavy atom. The third-order valence-corrected chi connectivity index (χ3v) is 2.67. The molecule has 0 unspecified atom stereocenters. The molecule has 94 valence electrons. The summed E-state index contributed by atoms with van der Waals surface area (Å²) < 4.78 is 6.34.